The molecule has 1 unspecified atom stereocenters. The van der Waals surface area contributed by atoms with Gasteiger partial charge in [-0.3, -0.25) is 4.79 Å². The molecule has 3 heterocycles. The average molecular weight is 367 g/mol. The Morgan fingerprint density at radius 3 is 2.93 bits per heavy atom. The molecule has 7 nitrogen and oxygen atoms in total. The summed E-state index contributed by atoms with van der Waals surface area (Å²) in [6.45, 7) is 1.29. The van der Waals surface area contributed by atoms with Crippen LogP contribution in [0, 0.1) is 0 Å². The number of ether oxygens (including phenoxy) is 2. The minimum Gasteiger partial charge on any atom is -0.497 e. The maximum atomic E-state index is 12.4. The second-order valence-corrected chi connectivity index (χ2v) is 6.45. The van der Waals surface area contributed by atoms with Gasteiger partial charge in [0.25, 0.3) is 5.91 Å². The molecule has 2 N–H and O–H groups in total. The number of methoxy groups -OCH3 is 1. The first-order valence-electron chi connectivity index (χ1n) is 8.92. The maximum Gasteiger partial charge on any atom is 0.267 e. The highest BCUT2D eigenvalue weighted by atomic mass is 16.5. The summed E-state index contributed by atoms with van der Waals surface area (Å²) in [6.07, 6.45) is 5.50. The Morgan fingerprint density at radius 2 is 2.19 bits per heavy atom. The van der Waals surface area contributed by atoms with Crippen LogP contribution in [0.5, 0.6) is 5.75 Å². The van der Waals surface area contributed by atoms with Gasteiger partial charge >= 0.3 is 0 Å². The van der Waals surface area contributed by atoms with Crippen molar-refractivity contribution < 1.29 is 18.8 Å². The van der Waals surface area contributed by atoms with Gasteiger partial charge in [-0.1, -0.05) is 17.3 Å². The zero-order chi connectivity index (χ0) is 18.6. The van der Waals surface area contributed by atoms with Gasteiger partial charge in [-0.15, -0.1) is 0 Å². The van der Waals surface area contributed by atoms with Gasteiger partial charge in [-0.25, -0.2) is 0 Å². The van der Waals surface area contributed by atoms with Gasteiger partial charge in [0.15, 0.2) is 0 Å². The van der Waals surface area contributed by atoms with E-state index in [2.05, 4.69) is 15.5 Å². The van der Waals surface area contributed by atoms with Gasteiger partial charge in [-0.2, -0.15) is 0 Å². The molecule has 1 aromatic carbocycles. The third-order valence-corrected chi connectivity index (χ3v) is 4.69. The first-order chi connectivity index (χ1) is 13.2. The van der Waals surface area contributed by atoms with Crippen molar-refractivity contribution in [2.45, 2.75) is 18.9 Å². The standard InChI is InChI=1S/C20H21N3O4/c1-25-15-6-4-13(5-7-15)17-12-27-23-19(17)14-9-18(21-10-14)20(24)22-11-16-3-2-8-26-16/h4-7,9-10,12,16,21H,2-3,8,11H2,1H3,(H,22,24). The summed E-state index contributed by atoms with van der Waals surface area (Å²) in [5, 5.41) is 7.01. The number of aromatic nitrogens is 2. The summed E-state index contributed by atoms with van der Waals surface area (Å²) in [5.41, 5.74) is 3.75. The number of aromatic amines is 1. The lowest BCUT2D eigenvalue weighted by molar-refractivity contribution is 0.0854. The van der Waals surface area contributed by atoms with E-state index in [1.54, 1.807) is 25.6 Å². The van der Waals surface area contributed by atoms with E-state index in [0.29, 0.717) is 17.9 Å². The smallest absolute Gasteiger partial charge is 0.267 e. The quantitative estimate of drug-likeness (QED) is 0.698. The van der Waals surface area contributed by atoms with Crippen molar-refractivity contribution in [3.05, 3.63) is 48.5 Å². The first kappa shape index (κ1) is 17.4. The summed E-state index contributed by atoms with van der Waals surface area (Å²) in [7, 11) is 1.63. The minimum absolute atomic E-state index is 0.112. The van der Waals surface area contributed by atoms with Crippen molar-refractivity contribution in [1.82, 2.24) is 15.5 Å². The molecule has 27 heavy (non-hydrogen) atoms. The fourth-order valence-corrected chi connectivity index (χ4v) is 3.19. The van der Waals surface area contributed by atoms with Crippen LogP contribution in [0.15, 0.2) is 47.3 Å². The molecule has 1 atom stereocenters. The number of hydrogen-bond donors (Lipinski definition) is 2. The Morgan fingerprint density at radius 1 is 1.33 bits per heavy atom. The van der Waals surface area contributed by atoms with Crippen molar-refractivity contribution in [3.8, 4) is 28.1 Å². The molecule has 1 saturated heterocycles. The monoisotopic (exact) mass is 367 g/mol. The molecule has 140 valence electrons. The van der Waals surface area contributed by atoms with Crippen molar-refractivity contribution in [2.24, 2.45) is 0 Å². The topological polar surface area (TPSA) is 89.4 Å². The number of hydrogen-bond acceptors (Lipinski definition) is 5. The zero-order valence-corrected chi connectivity index (χ0v) is 15.0. The lowest BCUT2D eigenvalue weighted by Crippen LogP contribution is -2.31. The number of carbonyl (C=O) groups excluding carboxylic acids is 1. The molecule has 1 aliphatic heterocycles. The number of H-pyrrole nitrogens is 1. The van der Waals surface area contributed by atoms with Gasteiger partial charge in [0.1, 0.15) is 23.4 Å². The van der Waals surface area contributed by atoms with Crippen molar-refractivity contribution in [2.75, 3.05) is 20.3 Å². The van der Waals surface area contributed by atoms with E-state index >= 15 is 0 Å². The minimum atomic E-state index is -0.161. The van der Waals surface area contributed by atoms with E-state index in [1.807, 2.05) is 24.3 Å². The molecular formula is C20H21N3O4. The molecule has 1 aliphatic rings. The van der Waals surface area contributed by atoms with Crippen molar-refractivity contribution in [1.29, 1.82) is 0 Å². The Kier molecular flexibility index (Phi) is 4.93. The van der Waals surface area contributed by atoms with E-state index in [0.717, 1.165) is 41.9 Å². The molecule has 1 fully saturated rings. The van der Waals surface area contributed by atoms with Crippen molar-refractivity contribution >= 4 is 5.91 Å². The summed E-state index contributed by atoms with van der Waals surface area (Å²) in [5.74, 6) is 0.620. The fraction of sp³-hybridized carbons (Fsp3) is 0.300. The van der Waals surface area contributed by atoms with Crippen LogP contribution in [-0.2, 0) is 4.74 Å². The predicted molar refractivity (Wildman–Crippen MR) is 99.6 cm³/mol. The Labute approximate surface area is 156 Å². The number of benzene rings is 1. The summed E-state index contributed by atoms with van der Waals surface area (Å²) in [6, 6.07) is 9.42. The van der Waals surface area contributed by atoms with Crippen LogP contribution in [-0.4, -0.2) is 42.4 Å². The molecule has 7 heteroatoms. The number of nitrogens with zero attached hydrogens (tertiary/aromatic N) is 1. The Hall–Kier alpha value is -3.06. The number of carbonyl (C=O) groups is 1. The van der Waals surface area contributed by atoms with Crippen LogP contribution in [0.4, 0.5) is 0 Å². The molecule has 1 amide bonds. The van der Waals surface area contributed by atoms with E-state index in [4.69, 9.17) is 14.0 Å². The van der Waals surface area contributed by atoms with Crippen LogP contribution in [0.2, 0.25) is 0 Å². The van der Waals surface area contributed by atoms with Crippen LogP contribution in [0.1, 0.15) is 23.3 Å². The molecule has 3 aromatic rings. The van der Waals surface area contributed by atoms with Gasteiger partial charge in [0.2, 0.25) is 0 Å². The van der Waals surface area contributed by atoms with Crippen LogP contribution in [0.25, 0.3) is 22.4 Å². The zero-order valence-electron chi connectivity index (χ0n) is 15.0. The highest BCUT2D eigenvalue weighted by molar-refractivity contribution is 5.94. The lowest BCUT2D eigenvalue weighted by Gasteiger charge is -2.09. The van der Waals surface area contributed by atoms with E-state index in [-0.39, 0.29) is 12.0 Å². The molecule has 0 spiro atoms. The number of nitrogens with one attached hydrogen (secondary N) is 2. The first-order valence-corrected chi connectivity index (χ1v) is 8.92. The summed E-state index contributed by atoms with van der Waals surface area (Å²) in [4.78, 5) is 15.4. The van der Waals surface area contributed by atoms with Crippen LogP contribution in [0.3, 0.4) is 0 Å². The third-order valence-electron chi connectivity index (χ3n) is 4.69. The number of amides is 1. The third kappa shape index (κ3) is 3.73. The molecule has 0 radical (unpaired) electrons. The second kappa shape index (κ2) is 7.67. The normalized spacial score (nSPS) is 16.4. The van der Waals surface area contributed by atoms with E-state index in [1.165, 1.54) is 0 Å². The van der Waals surface area contributed by atoms with Gasteiger partial charge < -0.3 is 24.3 Å². The molecule has 0 saturated carbocycles. The fourth-order valence-electron chi connectivity index (χ4n) is 3.19. The summed E-state index contributed by atoms with van der Waals surface area (Å²) < 4.78 is 15.9. The highest BCUT2D eigenvalue weighted by Gasteiger charge is 2.19. The number of rotatable bonds is 6. The van der Waals surface area contributed by atoms with Gasteiger partial charge in [-0.05, 0) is 36.6 Å². The molecule has 0 bridgehead atoms. The van der Waals surface area contributed by atoms with Crippen LogP contribution < -0.4 is 10.1 Å². The SMILES string of the molecule is COc1ccc(-c2conc2-c2c[nH]c(C(=O)NCC3CCCO3)c2)cc1. The van der Waals surface area contributed by atoms with Gasteiger partial charge in [0, 0.05) is 30.5 Å². The highest BCUT2D eigenvalue weighted by Crippen LogP contribution is 2.32. The van der Waals surface area contributed by atoms with E-state index in [9.17, 15) is 4.79 Å². The predicted octanol–water partition coefficient (Wildman–Crippen LogP) is 3.25. The molecule has 0 aliphatic carbocycles. The molecule has 4 rings (SSSR count). The molecule has 2 aromatic heterocycles. The average Bonchev–Trinajstić information content (AvgIpc) is 3.47. The van der Waals surface area contributed by atoms with Gasteiger partial charge in [0.05, 0.1) is 13.2 Å². The largest absolute Gasteiger partial charge is 0.497 e. The Bertz CT molecular complexity index is 907. The second-order valence-electron chi connectivity index (χ2n) is 6.45. The van der Waals surface area contributed by atoms with Crippen molar-refractivity contribution in [3.63, 3.8) is 0 Å². The maximum absolute atomic E-state index is 12.4. The lowest BCUT2D eigenvalue weighted by atomic mass is 10.0. The molecular weight excluding hydrogens is 346 g/mol. The summed E-state index contributed by atoms with van der Waals surface area (Å²) >= 11 is 0. The Balaban J connectivity index is 1.50. The van der Waals surface area contributed by atoms with Crippen LogP contribution >= 0.6 is 0 Å². The van der Waals surface area contributed by atoms with E-state index < -0.39 is 0 Å².